The molecule has 1 unspecified atom stereocenters. The summed E-state index contributed by atoms with van der Waals surface area (Å²) < 4.78 is 12.0. The lowest BCUT2D eigenvalue weighted by atomic mass is 10.2. The highest BCUT2D eigenvalue weighted by Gasteiger charge is 2.08. The molecule has 0 fully saturated rings. The number of hydrogen-bond acceptors (Lipinski definition) is 4. The number of aliphatic hydroxyl groups excluding tert-OH is 1. The van der Waals surface area contributed by atoms with Crippen LogP contribution in [0.25, 0.3) is 0 Å². The zero-order valence-electron chi connectivity index (χ0n) is 9.93. The van der Waals surface area contributed by atoms with E-state index in [1.54, 1.807) is 13.3 Å². The molecule has 0 saturated heterocycles. The van der Waals surface area contributed by atoms with E-state index in [4.69, 9.17) is 9.47 Å². The number of aryl methyl sites for hydroxylation is 1. The first-order chi connectivity index (χ1) is 7.74. The second-order valence-corrected chi connectivity index (χ2v) is 3.71. The van der Waals surface area contributed by atoms with Crippen molar-refractivity contribution >= 4 is 0 Å². The van der Waals surface area contributed by atoms with E-state index >= 15 is 0 Å². The van der Waals surface area contributed by atoms with Crippen LogP contribution in [0.2, 0.25) is 0 Å². The summed E-state index contributed by atoms with van der Waals surface area (Å²) in [5.41, 5.74) is 0. The molecule has 0 aromatic carbocycles. The van der Waals surface area contributed by atoms with Gasteiger partial charge in [0.25, 0.3) is 0 Å². The summed E-state index contributed by atoms with van der Waals surface area (Å²) in [6.07, 6.45) is 4.39. The number of rotatable bonds is 8. The van der Waals surface area contributed by atoms with Crippen LogP contribution < -0.4 is 0 Å². The molecular weight excluding hydrogens is 208 g/mol. The highest BCUT2D eigenvalue weighted by atomic mass is 16.5. The van der Waals surface area contributed by atoms with Gasteiger partial charge in [-0.3, -0.25) is 0 Å². The first-order valence-electron chi connectivity index (χ1n) is 5.45. The van der Waals surface area contributed by atoms with Crippen molar-refractivity contribution in [3.63, 3.8) is 0 Å². The van der Waals surface area contributed by atoms with E-state index in [-0.39, 0.29) is 0 Å². The van der Waals surface area contributed by atoms with Crippen LogP contribution in [-0.4, -0.2) is 47.7 Å². The van der Waals surface area contributed by atoms with E-state index in [0.717, 1.165) is 5.82 Å². The molecule has 1 aromatic rings. The molecule has 0 aliphatic carbocycles. The van der Waals surface area contributed by atoms with Gasteiger partial charge < -0.3 is 19.1 Å². The number of hydrogen-bond donors (Lipinski definition) is 1. The molecule has 0 amide bonds. The molecule has 92 valence electrons. The van der Waals surface area contributed by atoms with Crippen LogP contribution in [0.3, 0.4) is 0 Å². The van der Waals surface area contributed by atoms with Crippen molar-refractivity contribution < 1.29 is 14.6 Å². The molecule has 0 spiro atoms. The summed E-state index contributed by atoms with van der Waals surface area (Å²) in [5, 5.41) is 9.74. The maximum Gasteiger partial charge on any atom is 0.110 e. The number of methoxy groups -OCH3 is 1. The lowest BCUT2D eigenvalue weighted by Gasteiger charge is -2.10. The molecule has 0 radical (unpaired) electrons. The summed E-state index contributed by atoms with van der Waals surface area (Å²) in [5.74, 6) is 0.893. The van der Waals surface area contributed by atoms with Crippen LogP contribution in [-0.2, 0) is 22.9 Å². The van der Waals surface area contributed by atoms with Gasteiger partial charge in [0.05, 0.1) is 19.3 Å². The Kier molecular flexibility index (Phi) is 6.07. The number of aromatic nitrogens is 2. The zero-order chi connectivity index (χ0) is 11.8. The molecule has 1 atom stereocenters. The first-order valence-corrected chi connectivity index (χ1v) is 5.45. The average Bonchev–Trinajstić information content (AvgIpc) is 2.64. The second-order valence-electron chi connectivity index (χ2n) is 3.71. The summed E-state index contributed by atoms with van der Waals surface area (Å²) in [6, 6.07) is 0. The molecule has 5 heteroatoms. The SMILES string of the molecule is COCCOCCC(O)Cc1nccn1C. The Morgan fingerprint density at radius 2 is 2.25 bits per heavy atom. The quantitative estimate of drug-likeness (QED) is 0.653. The predicted octanol–water partition coefficient (Wildman–Crippen LogP) is 0.377. The topological polar surface area (TPSA) is 56.5 Å². The lowest BCUT2D eigenvalue weighted by molar-refractivity contribution is 0.0474. The van der Waals surface area contributed by atoms with Gasteiger partial charge in [-0.2, -0.15) is 0 Å². The summed E-state index contributed by atoms with van der Waals surface area (Å²) in [4.78, 5) is 4.16. The highest BCUT2D eigenvalue weighted by Crippen LogP contribution is 2.03. The number of imidazole rings is 1. The normalized spacial score (nSPS) is 12.9. The van der Waals surface area contributed by atoms with E-state index < -0.39 is 6.10 Å². The minimum atomic E-state index is -0.399. The Balaban J connectivity index is 2.11. The molecule has 0 saturated carbocycles. The van der Waals surface area contributed by atoms with Gasteiger partial charge >= 0.3 is 0 Å². The standard InChI is InChI=1S/C11H20N2O3/c1-13-5-4-12-11(13)9-10(14)3-6-16-8-7-15-2/h4-5,10,14H,3,6-9H2,1-2H3. The van der Waals surface area contributed by atoms with E-state index in [1.165, 1.54) is 0 Å². The number of nitrogens with zero attached hydrogens (tertiary/aromatic N) is 2. The molecule has 0 aliphatic heterocycles. The number of aliphatic hydroxyl groups is 1. The minimum absolute atomic E-state index is 0.399. The Morgan fingerprint density at radius 1 is 1.44 bits per heavy atom. The van der Waals surface area contributed by atoms with Gasteiger partial charge in [0, 0.05) is 39.6 Å². The van der Waals surface area contributed by atoms with E-state index in [2.05, 4.69) is 4.98 Å². The van der Waals surface area contributed by atoms with Crippen molar-refractivity contribution in [2.45, 2.75) is 18.9 Å². The Morgan fingerprint density at radius 3 is 2.88 bits per heavy atom. The van der Waals surface area contributed by atoms with E-state index in [0.29, 0.717) is 32.7 Å². The van der Waals surface area contributed by atoms with Gasteiger partial charge in [-0.15, -0.1) is 0 Å². The van der Waals surface area contributed by atoms with Crippen LogP contribution in [0.1, 0.15) is 12.2 Å². The smallest absolute Gasteiger partial charge is 0.110 e. The van der Waals surface area contributed by atoms with Crippen LogP contribution >= 0.6 is 0 Å². The van der Waals surface area contributed by atoms with Crippen molar-refractivity contribution in [2.75, 3.05) is 26.9 Å². The average molecular weight is 228 g/mol. The zero-order valence-corrected chi connectivity index (χ0v) is 9.93. The Hall–Kier alpha value is -0.910. The number of ether oxygens (including phenoxy) is 2. The molecule has 16 heavy (non-hydrogen) atoms. The monoisotopic (exact) mass is 228 g/mol. The highest BCUT2D eigenvalue weighted by molar-refractivity contribution is 4.92. The van der Waals surface area contributed by atoms with E-state index in [1.807, 2.05) is 17.8 Å². The summed E-state index contributed by atoms with van der Waals surface area (Å²) in [7, 11) is 3.56. The van der Waals surface area contributed by atoms with Crippen molar-refractivity contribution in [1.82, 2.24) is 9.55 Å². The molecule has 1 aromatic heterocycles. The third-order valence-corrected chi connectivity index (χ3v) is 2.37. The van der Waals surface area contributed by atoms with Crippen molar-refractivity contribution in [3.8, 4) is 0 Å². The second kappa shape index (κ2) is 7.38. The van der Waals surface area contributed by atoms with Crippen LogP contribution in [0.4, 0.5) is 0 Å². The van der Waals surface area contributed by atoms with Gasteiger partial charge in [-0.05, 0) is 6.42 Å². The fraction of sp³-hybridized carbons (Fsp3) is 0.727. The molecular formula is C11H20N2O3. The summed E-state index contributed by atoms with van der Waals surface area (Å²) in [6.45, 7) is 1.72. The van der Waals surface area contributed by atoms with Crippen LogP contribution in [0, 0.1) is 0 Å². The van der Waals surface area contributed by atoms with Crippen molar-refractivity contribution in [2.24, 2.45) is 7.05 Å². The van der Waals surface area contributed by atoms with Crippen LogP contribution in [0.5, 0.6) is 0 Å². The van der Waals surface area contributed by atoms with Gasteiger partial charge in [-0.25, -0.2) is 4.98 Å². The third-order valence-electron chi connectivity index (χ3n) is 2.37. The van der Waals surface area contributed by atoms with Crippen molar-refractivity contribution in [3.05, 3.63) is 18.2 Å². The molecule has 1 heterocycles. The largest absolute Gasteiger partial charge is 0.393 e. The maximum atomic E-state index is 9.74. The first kappa shape index (κ1) is 13.2. The molecule has 0 aliphatic rings. The fourth-order valence-corrected chi connectivity index (χ4v) is 1.37. The van der Waals surface area contributed by atoms with Gasteiger partial charge in [0.15, 0.2) is 0 Å². The molecule has 0 bridgehead atoms. The lowest BCUT2D eigenvalue weighted by Crippen LogP contribution is -2.16. The van der Waals surface area contributed by atoms with Crippen molar-refractivity contribution in [1.29, 1.82) is 0 Å². The maximum absolute atomic E-state index is 9.74. The third kappa shape index (κ3) is 4.74. The molecule has 5 nitrogen and oxygen atoms in total. The van der Waals surface area contributed by atoms with Gasteiger partial charge in [-0.1, -0.05) is 0 Å². The van der Waals surface area contributed by atoms with E-state index in [9.17, 15) is 5.11 Å². The molecule has 1 rings (SSSR count). The van der Waals surface area contributed by atoms with Gasteiger partial charge in [0.2, 0.25) is 0 Å². The molecule has 1 N–H and O–H groups in total. The van der Waals surface area contributed by atoms with Gasteiger partial charge in [0.1, 0.15) is 5.82 Å². The Bertz CT molecular complexity index is 289. The predicted molar refractivity (Wildman–Crippen MR) is 60.2 cm³/mol. The van der Waals surface area contributed by atoms with Crippen LogP contribution in [0.15, 0.2) is 12.4 Å². The Labute approximate surface area is 96.0 Å². The minimum Gasteiger partial charge on any atom is -0.393 e. The fourth-order valence-electron chi connectivity index (χ4n) is 1.37. The summed E-state index contributed by atoms with van der Waals surface area (Å²) >= 11 is 0.